The molecule has 0 unspecified atom stereocenters. The molecule has 2 atom stereocenters. The van der Waals surface area contributed by atoms with E-state index in [2.05, 4.69) is 46.3 Å². The van der Waals surface area contributed by atoms with Gasteiger partial charge in [0.05, 0.1) is 10.9 Å². The Labute approximate surface area is 150 Å². The SMILES string of the molecule is C[C@@H](NC(=O)C[NH2+][C@H](c1ccccc1)c1cccs1)c1cccs1. The molecule has 0 bridgehead atoms. The number of hydrogen-bond donors (Lipinski definition) is 2. The molecular weight excluding hydrogens is 336 g/mol. The van der Waals surface area contributed by atoms with E-state index < -0.39 is 0 Å². The summed E-state index contributed by atoms with van der Waals surface area (Å²) >= 11 is 3.40. The van der Waals surface area contributed by atoms with E-state index in [1.165, 1.54) is 15.3 Å². The summed E-state index contributed by atoms with van der Waals surface area (Å²) in [6, 6.07) is 18.8. The Morgan fingerprint density at radius 1 is 1.00 bits per heavy atom. The van der Waals surface area contributed by atoms with Gasteiger partial charge in [-0.3, -0.25) is 4.79 Å². The molecule has 0 fully saturated rings. The molecular formula is C19H21N2OS2+. The molecule has 1 aromatic carbocycles. The molecule has 3 rings (SSSR count). The van der Waals surface area contributed by atoms with Crippen LogP contribution >= 0.6 is 22.7 Å². The average molecular weight is 358 g/mol. The molecule has 0 aliphatic heterocycles. The van der Waals surface area contributed by atoms with Crippen LogP contribution < -0.4 is 10.6 Å². The van der Waals surface area contributed by atoms with Gasteiger partial charge in [-0.15, -0.1) is 22.7 Å². The van der Waals surface area contributed by atoms with E-state index in [0.717, 1.165) is 0 Å². The lowest BCUT2D eigenvalue weighted by Crippen LogP contribution is -2.87. The minimum absolute atomic E-state index is 0.0582. The molecule has 5 heteroatoms. The highest BCUT2D eigenvalue weighted by atomic mass is 32.1. The molecule has 0 aliphatic carbocycles. The number of hydrogen-bond acceptors (Lipinski definition) is 3. The van der Waals surface area contributed by atoms with Crippen LogP contribution in [0.2, 0.25) is 0 Å². The topological polar surface area (TPSA) is 45.7 Å². The molecule has 1 amide bonds. The van der Waals surface area contributed by atoms with E-state index in [0.29, 0.717) is 6.54 Å². The van der Waals surface area contributed by atoms with Gasteiger partial charge < -0.3 is 10.6 Å². The van der Waals surface area contributed by atoms with Crippen LogP contribution in [0.25, 0.3) is 0 Å². The second-order valence-electron chi connectivity index (χ2n) is 5.65. The molecule has 0 spiro atoms. The first-order valence-electron chi connectivity index (χ1n) is 7.98. The molecule has 0 radical (unpaired) electrons. The summed E-state index contributed by atoms with van der Waals surface area (Å²) in [6.07, 6.45) is 0. The normalized spacial score (nSPS) is 13.4. The quantitative estimate of drug-likeness (QED) is 0.669. The number of carbonyl (C=O) groups is 1. The summed E-state index contributed by atoms with van der Waals surface area (Å²) in [5.74, 6) is 0.0633. The highest BCUT2D eigenvalue weighted by Gasteiger charge is 2.20. The summed E-state index contributed by atoms with van der Waals surface area (Å²) in [5.41, 5.74) is 1.22. The van der Waals surface area contributed by atoms with Gasteiger partial charge >= 0.3 is 0 Å². The molecule has 124 valence electrons. The first-order valence-corrected chi connectivity index (χ1v) is 9.74. The van der Waals surface area contributed by atoms with Gasteiger partial charge in [-0.25, -0.2) is 0 Å². The molecule has 24 heavy (non-hydrogen) atoms. The van der Waals surface area contributed by atoms with Crippen molar-refractivity contribution in [1.29, 1.82) is 0 Å². The zero-order valence-corrected chi connectivity index (χ0v) is 15.1. The average Bonchev–Trinajstić information content (AvgIpc) is 3.30. The first-order chi connectivity index (χ1) is 11.7. The van der Waals surface area contributed by atoms with Crippen molar-refractivity contribution in [2.24, 2.45) is 0 Å². The van der Waals surface area contributed by atoms with Crippen LogP contribution in [0, 0.1) is 0 Å². The van der Waals surface area contributed by atoms with Gasteiger partial charge in [0.1, 0.15) is 6.04 Å². The zero-order chi connectivity index (χ0) is 16.8. The number of rotatable bonds is 7. The van der Waals surface area contributed by atoms with Gasteiger partial charge in [0.15, 0.2) is 6.54 Å². The second-order valence-corrected chi connectivity index (χ2v) is 7.61. The largest absolute Gasteiger partial charge is 0.344 e. The predicted molar refractivity (Wildman–Crippen MR) is 100 cm³/mol. The summed E-state index contributed by atoms with van der Waals surface area (Å²) in [5, 5.41) is 9.30. The van der Waals surface area contributed by atoms with Crippen LogP contribution in [-0.2, 0) is 4.79 Å². The van der Waals surface area contributed by atoms with E-state index >= 15 is 0 Å². The van der Waals surface area contributed by atoms with Crippen molar-refractivity contribution in [3.05, 3.63) is 80.7 Å². The fraction of sp³-hybridized carbons (Fsp3) is 0.211. The first kappa shape index (κ1) is 16.9. The van der Waals surface area contributed by atoms with Crippen LogP contribution in [-0.4, -0.2) is 12.5 Å². The maximum Gasteiger partial charge on any atom is 0.275 e. The van der Waals surface area contributed by atoms with Crippen LogP contribution in [0.15, 0.2) is 65.4 Å². The Morgan fingerprint density at radius 2 is 1.67 bits per heavy atom. The third-order valence-corrected chi connectivity index (χ3v) is 5.91. The Balaban J connectivity index is 1.62. The van der Waals surface area contributed by atoms with Gasteiger partial charge in [-0.05, 0) is 29.8 Å². The number of nitrogens with one attached hydrogen (secondary N) is 1. The van der Waals surface area contributed by atoms with Crippen molar-refractivity contribution >= 4 is 28.6 Å². The minimum Gasteiger partial charge on any atom is -0.344 e. The van der Waals surface area contributed by atoms with E-state index in [9.17, 15) is 4.79 Å². The Morgan fingerprint density at radius 3 is 2.29 bits per heavy atom. The lowest BCUT2D eigenvalue weighted by Gasteiger charge is -2.16. The van der Waals surface area contributed by atoms with Crippen LogP contribution in [0.3, 0.4) is 0 Å². The standard InChI is InChI=1S/C19H20N2OS2/c1-14(16-9-5-11-23-16)21-18(22)13-20-19(17-10-6-12-24-17)15-7-3-2-4-8-15/h2-12,14,19-20H,13H2,1H3,(H,21,22)/p+1/t14-,19-/m1/s1. The molecule has 0 aliphatic rings. The third kappa shape index (κ3) is 4.32. The van der Waals surface area contributed by atoms with E-state index in [-0.39, 0.29) is 18.0 Å². The zero-order valence-electron chi connectivity index (χ0n) is 13.5. The number of thiophene rings is 2. The van der Waals surface area contributed by atoms with Gasteiger partial charge in [0.25, 0.3) is 5.91 Å². The van der Waals surface area contributed by atoms with Crippen molar-refractivity contribution in [2.45, 2.75) is 19.0 Å². The molecule has 3 aromatic rings. The van der Waals surface area contributed by atoms with E-state index in [4.69, 9.17) is 0 Å². The molecule has 2 heterocycles. The maximum absolute atomic E-state index is 12.3. The molecule has 3 N–H and O–H groups in total. The van der Waals surface area contributed by atoms with E-state index in [1.54, 1.807) is 22.7 Å². The van der Waals surface area contributed by atoms with E-state index in [1.807, 2.05) is 36.6 Å². The fourth-order valence-corrected chi connectivity index (χ4v) is 4.26. The Hall–Kier alpha value is -1.95. The van der Waals surface area contributed by atoms with Crippen molar-refractivity contribution in [1.82, 2.24) is 5.32 Å². The number of carbonyl (C=O) groups excluding carboxylic acids is 1. The summed E-state index contributed by atoms with van der Waals surface area (Å²) in [4.78, 5) is 14.8. The van der Waals surface area contributed by atoms with Crippen LogP contribution in [0.1, 0.15) is 34.3 Å². The summed E-state index contributed by atoms with van der Waals surface area (Å²) in [6.45, 7) is 2.44. The van der Waals surface area contributed by atoms with Crippen molar-refractivity contribution in [2.75, 3.05) is 6.54 Å². The third-order valence-electron chi connectivity index (χ3n) is 3.89. The van der Waals surface area contributed by atoms with Crippen molar-refractivity contribution in [3.8, 4) is 0 Å². The lowest BCUT2D eigenvalue weighted by molar-refractivity contribution is -0.676. The van der Waals surface area contributed by atoms with Crippen LogP contribution in [0.4, 0.5) is 0 Å². The van der Waals surface area contributed by atoms with Crippen molar-refractivity contribution in [3.63, 3.8) is 0 Å². The van der Waals surface area contributed by atoms with Gasteiger partial charge in [0, 0.05) is 10.4 Å². The van der Waals surface area contributed by atoms with Gasteiger partial charge in [0.2, 0.25) is 0 Å². The number of quaternary nitrogens is 1. The lowest BCUT2D eigenvalue weighted by atomic mass is 10.1. The monoisotopic (exact) mass is 357 g/mol. The predicted octanol–water partition coefficient (Wildman–Crippen LogP) is 3.34. The summed E-state index contributed by atoms with van der Waals surface area (Å²) < 4.78 is 0. The van der Waals surface area contributed by atoms with Crippen molar-refractivity contribution < 1.29 is 10.1 Å². The smallest absolute Gasteiger partial charge is 0.275 e. The highest BCUT2D eigenvalue weighted by molar-refractivity contribution is 7.10. The number of amides is 1. The number of benzene rings is 1. The molecule has 3 nitrogen and oxygen atoms in total. The fourth-order valence-electron chi connectivity index (χ4n) is 2.68. The summed E-state index contributed by atoms with van der Waals surface area (Å²) in [7, 11) is 0. The molecule has 0 saturated heterocycles. The number of nitrogens with two attached hydrogens (primary N) is 1. The second kappa shape index (κ2) is 8.24. The Bertz CT molecular complexity index is 739. The van der Waals surface area contributed by atoms with Crippen LogP contribution in [0.5, 0.6) is 0 Å². The molecule has 2 aromatic heterocycles. The Kier molecular flexibility index (Phi) is 5.80. The highest BCUT2D eigenvalue weighted by Crippen LogP contribution is 2.22. The van der Waals surface area contributed by atoms with Gasteiger partial charge in [-0.2, -0.15) is 0 Å². The maximum atomic E-state index is 12.3. The molecule has 0 saturated carbocycles. The van der Waals surface area contributed by atoms with Gasteiger partial charge in [-0.1, -0.05) is 42.5 Å². The minimum atomic E-state index is 0.0582.